The Kier molecular flexibility index (Phi) is 5.86. The molecule has 102 valence electrons. The molecule has 0 atom stereocenters. The SMILES string of the molecule is O=C(Oc1ccc(F)cc1)OS(=O)(=O)C(F)(F)F.[H-].[Li+]. The molecule has 19 heavy (non-hydrogen) atoms. The number of ether oxygens (including phenoxy) is 1. The van der Waals surface area contributed by atoms with Gasteiger partial charge in [0.15, 0.2) is 0 Å². The minimum absolute atomic E-state index is 0. The fraction of sp³-hybridized carbons (Fsp3) is 0.125. The van der Waals surface area contributed by atoms with E-state index in [-0.39, 0.29) is 26.0 Å². The third-order valence-electron chi connectivity index (χ3n) is 1.48. The summed E-state index contributed by atoms with van der Waals surface area (Å²) in [4.78, 5) is 10.7. The van der Waals surface area contributed by atoms with Crippen LogP contribution in [0.3, 0.4) is 0 Å². The smallest absolute Gasteiger partial charge is 1.00 e. The van der Waals surface area contributed by atoms with E-state index in [0.717, 1.165) is 24.3 Å². The molecule has 11 heteroatoms. The van der Waals surface area contributed by atoms with Crippen molar-refractivity contribution in [1.29, 1.82) is 0 Å². The molecule has 0 unspecified atom stereocenters. The summed E-state index contributed by atoms with van der Waals surface area (Å²) >= 11 is 0. The van der Waals surface area contributed by atoms with Crippen LogP contribution in [0.4, 0.5) is 22.4 Å². The van der Waals surface area contributed by atoms with Crippen LogP contribution < -0.4 is 23.6 Å². The Morgan fingerprint density at radius 3 is 2.05 bits per heavy atom. The van der Waals surface area contributed by atoms with Gasteiger partial charge in [-0.1, -0.05) is 0 Å². The van der Waals surface area contributed by atoms with Crippen molar-refractivity contribution >= 4 is 16.3 Å². The van der Waals surface area contributed by atoms with Gasteiger partial charge in [0.05, 0.1) is 0 Å². The third kappa shape index (κ3) is 5.10. The van der Waals surface area contributed by atoms with Crippen LogP contribution >= 0.6 is 0 Å². The molecular weight excluding hydrogens is 291 g/mol. The van der Waals surface area contributed by atoms with E-state index in [4.69, 9.17) is 0 Å². The predicted octanol–water partition coefficient (Wildman–Crippen LogP) is -0.693. The van der Waals surface area contributed by atoms with Crippen molar-refractivity contribution in [1.82, 2.24) is 0 Å². The fourth-order valence-electron chi connectivity index (χ4n) is 0.753. The number of halogens is 4. The van der Waals surface area contributed by atoms with Crippen molar-refractivity contribution in [3.8, 4) is 5.75 Å². The van der Waals surface area contributed by atoms with Gasteiger partial charge in [-0.3, -0.25) is 0 Å². The van der Waals surface area contributed by atoms with Gasteiger partial charge in [0.1, 0.15) is 11.6 Å². The molecule has 0 heterocycles. The van der Waals surface area contributed by atoms with Gasteiger partial charge in [0.25, 0.3) is 0 Å². The number of benzene rings is 1. The average Bonchev–Trinajstić information content (AvgIpc) is 2.19. The molecule has 0 spiro atoms. The normalized spacial score (nSPS) is 11.4. The summed E-state index contributed by atoms with van der Waals surface area (Å²) in [6, 6.07) is 3.50. The standard InChI is InChI=1S/C8H4F4O5S.Li.H/c9-5-1-3-6(4-2-5)16-7(13)17-18(14,15)8(10,11)12;;/h1-4H;;/q;+1;-1. The summed E-state index contributed by atoms with van der Waals surface area (Å²) in [5.74, 6) is -1.06. The molecule has 0 fully saturated rings. The third-order valence-corrected chi connectivity index (χ3v) is 2.40. The quantitative estimate of drug-likeness (QED) is 0.180. The first-order valence-electron chi connectivity index (χ1n) is 4.10. The molecule has 0 aliphatic heterocycles. The Morgan fingerprint density at radius 2 is 1.63 bits per heavy atom. The maximum absolute atomic E-state index is 12.4. The van der Waals surface area contributed by atoms with Crippen LogP contribution in [0, 0.1) is 5.82 Å². The molecular formula is C8H5F4LiO5S. The molecule has 0 radical (unpaired) electrons. The van der Waals surface area contributed by atoms with Crippen molar-refractivity contribution in [3.05, 3.63) is 30.1 Å². The van der Waals surface area contributed by atoms with Crippen LogP contribution in [0.2, 0.25) is 0 Å². The first-order chi connectivity index (χ1) is 8.12. The van der Waals surface area contributed by atoms with Gasteiger partial charge < -0.3 is 10.3 Å². The summed E-state index contributed by atoms with van der Waals surface area (Å²) in [7, 11) is -6.07. The number of rotatable bonds is 2. The Labute approximate surface area is 118 Å². The largest absolute Gasteiger partial charge is 1.00 e. The van der Waals surface area contributed by atoms with Crippen molar-refractivity contribution < 1.29 is 60.0 Å². The van der Waals surface area contributed by atoms with Gasteiger partial charge >= 0.3 is 40.6 Å². The van der Waals surface area contributed by atoms with E-state index in [1.165, 1.54) is 0 Å². The van der Waals surface area contributed by atoms with Gasteiger partial charge in [-0.05, 0) is 24.3 Å². The molecule has 1 aromatic rings. The van der Waals surface area contributed by atoms with Gasteiger partial charge in [-0.2, -0.15) is 21.6 Å². The minimum Gasteiger partial charge on any atom is -1.00 e. The number of carbonyl (C=O) groups is 1. The first-order valence-corrected chi connectivity index (χ1v) is 5.51. The van der Waals surface area contributed by atoms with E-state index < -0.39 is 27.6 Å². The van der Waals surface area contributed by atoms with Crippen LogP contribution in [-0.4, -0.2) is 20.1 Å². The monoisotopic (exact) mass is 296 g/mol. The second-order valence-electron chi connectivity index (χ2n) is 2.79. The predicted molar refractivity (Wildman–Crippen MR) is 49.6 cm³/mol. The molecule has 0 saturated heterocycles. The number of hydrogen-bond acceptors (Lipinski definition) is 5. The Morgan fingerprint density at radius 1 is 1.16 bits per heavy atom. The molecule has 0 amide bonds. The van der Waals surface area contributed by atoms with Crippen LogP contribution in [0.1, 0.15) is 1.43 Å². The zero-order valence-corrected chi connectivity index (χ0v) is 10.1. The summed E-state index contributed by atoms with van der Waals surface area (Å²) in [6.45, 7) is 0. The zero-order valence-electron chi connectivity index (χ0n) is 10.3. The maximum Gasteiger partial charge on any atom is 1.00 e. The van der Waals surface area contributed by atoms with E-state index >= 15 is 0 Å². The first kappa shape index (κ1) is 17.8. The molecule has 0 N–H and O–H groups in total. The van der Waals surface area contributed by atoms with E-state index in [2.05, 4.69) is 8.92 Å². The summed E-state index contributed by atoms with van der Waals surface area (Å²) < 4.78 is 75.9. The number of carbonyl (C=O) groups excluding carboxylic acids is 1. The van der Waals surface area contributed by atoms with Crippen LogP contribution in [0.5, 0.6) is 5.75 Å². The van der Waals surface area contributed by atoms with Crippen LogP contribution in [0.25, 0.3) is 0 Å². The Bertz CT molecular complexity index is 545. The van der Waals surface area contributed by atoms with Crippen molar-refractivity contribution in [2.75, 3.05) is 0 Å². The second kappa shape index (κ2) is 6.27. The summed E-state index contributed by atoms with van der Waals surface area (Å²) in [5.41, 5.74) is -5.74. The zero-order chi connectivity index (χ0) is 14.0. The molecule has 0 bridgehead atoms. The molecule has 5 nitrogen and oxygen atoms in total. The van der Waals surface area contributed by atoms with Gasteiger partial charge in [-0.15, -0.1) is 0 Å². The second-order valence-corrected chi connectivity index (χ2v) is 4.33. The van der Waals surface area contributed by atoms with Crippen molar-refractivity contribution in [2.45, 2.75) is 5.51 Å². The minimum atomic E-state index is -6.07. The van der Waals surface area contributed by atoms with E-state index in [0.29, 0.717) is 0 Å². The Balaban J connectivity index is 0. The van der Waals surface area contributed by atoms with Gasteiger partial charge in [-0.25, -0.2) is 9.18 Å². The molecule has 0 saturated carbocycles. The molecule has 0 aliphatic carbocycles. The van der Waals surface area contributed by atoms with Gasteiger partial charge in [0.2, 0.25) is 0 Å². The topological polar surface area (TPSA) is 69.7 Å². The van der Waals surface area contributed by atoms with Crippen molar-refractivity contribution in [3.63, 3.8) is 0 Å². The molecule has 1 aromatic carbocycles. The van der Waals surface area contributed by atoms with E-state index in [9.17, 15) is 30.8 Å². The van der Waals surface area contributed by atoms with Crippen LogP contribution in [-0.2, 0) is 14.3 Å². The van der Waals surface area contributed by atoms with Crippen molar-refractivity contribution in [2.24, 2.45) is 0 Å². The summed E-state index contributed by atoms with van der Waals surface area (Å²) in [5, 5.41) is 0. The van der Waals surface area contributed by atoms with E-state index in [1.807, 2.05) is 0 Å². The average molecular weight is 296 g/mol. The maximum atomic E-state index is 12.4. The molecule has 0 aliphatic rings. The van der Waals surface area contributed by atoms with E-state index in [1.54, 1.807) is 0 Å². The molecule has 1 rings (SSSR count). The number of hydrogen-bond donors (Lipinski definition) is 0. The van der Waals surface area contributed by atoms with Crippen LogP contribution in [0.15, 0.2) is 24.3 Å². The summed E-state index contributed by atoms with van der Waals surface area (Å²) in [6.07, 6.45) is -2.10. The number of alkyl halides is 3. The Hall–Kier alpha value is -1.24. The molecule has 0 aromatic heterocycles. The fourth-order valence-corrected chi connectivity index (χ4v) is 1.06. The van der Waals surface area contributed by atoms with Gasteiger partial charge in [0, 0.05) is 0 Å².